The Morgan fingerprint density at radius 2 is 2.24 bits per heavy atom. The minimum atomic E-state index is 0.599. The molecule has 1 heterocycles. The number of nitrogens with zero attached hydrogens (tertiary/aromatic N) is 1. The van der Waals surface area contributed by atoms with E-state index in [0.717, 1.165) is 11.7 Å². The first-order valence-electron chi connectivity index (χ1n) is 6.30. The summed E-state index contributed by atoms with van der Waals surface area (Å²) in [5.41, 5.74) is 0. The van der Waals surface area contributed by atoms with Gasteiger partial charge in [0.2, 0.25) is 0 Å². The molecular weight excluding hydrogens is 248 g/mol. The second kappa shape index (κ2) is 6.36. The highest BCUT2D eigenvalue weighted by molar-refractivity contribution is 7.80. The van der Waals surface area contributed by atoms with Crippen LogP contribution in [0.4, 0.5) is 0 Å². The zero-order valence-corrected chi connectivity index (χ0v) is 11.9. The molecule has 1 aliphatic rings. The first kappa shape index (κ1) is 12.8. The molecule has 1 aromatic heterocycles. The van der Waals surface area contributed by atoms with Gasteiger partial charge in [-0.3, -0.25) is 0 Å². The summed E-state index contributed by atoms with van der Waals surface area (Å²) >= 11 is 7.24. The van der Waals surface area contributed by atoms with Gasteiger partial charge in [-0.1, -0.05) is 25.3 Å². The molecule has 0 atom stereocenters. The fourth-order valence-corrected chi connectivity index (χ4v) is 3.23. The molecule has 2 rings (SSSR count). The van der Waals surface area contributed by atoms with Crippen LogP contribution in [0.1, 0.15) is 37.0 Å². The zero-order valence-electron chi connectivity index (χ0n) is 10.3. The van der Waals surface area contributed by atoms with Crippen LogP contribution >= 0.6 is 23.6 Å². The van der Waals surface area contributed by atoms with Gasteiger partial charge in [0.1, 0.15) is 0 Å². The fraction of sp³-hybridized carbons (Fsp3) is 0.615. The van der Waals surface area contributed by atoms with Crippen LogP contribution in [0, 0.1) is 0 Å². The van der Waals surface area contributed by atoms with Crippen LogP contribution in [0.5, 0.6) is 0 Å². The molecule has 0 spiro atoms. The molecule has 0 radical (unpaired) electrons. The molecule has 1 aliphatic carbocycles. The topological polar surface area (TPSA) is 15.3 Å². The summed E-state index contributed by atoms with van der Waals surface area (Å²) in [6, 6.07) is 4.84. The maximum atomic E-state index is 5.45. The minimum Gasteiger partial charge on any atom is -0.360 e. The number of rotatable bonds is 3. The summed E-state index contributed by atoms with van der Waals surface area (Å²) in [6.07, 6.45) is 6.61. The fourth-order valence-electron chi connectivity index (χ4n) is 2.24. The second-order valence-electron chi connectivity index (χ2n) is 4.72. The Hall–Kier alpha value is -0.610. The highest BCUT2D eigenvalue weighted by Crippen LogP contribution is 2.18. The molecule has 0 amide bonds. The lowest BCUT2D eigenvalue weighted by molar-refractivity contribution is 0.393. The Morgan fingerprint density at radius 3 is 2.88 bits per heavy atom. The lowest BCUT2D eigenvalue weighted by Gasteiger charge is -2.28. The first-order chi connectivity index (χ1) is 8.25. The third-order valence-corrected chi connectivity index (χ3v) is 4.54. The largest absolute Gasteiger partial charge is 0.360 e. The van der Waals surface area contributed by atoms with Crippen molar-refractivity contribution in [2.45, 2.75) is 44.7 Å². The molecule has 1 saturated carbocycles. The number of thiophene rings is 1. The SMILES string of the molecule is CN(Cc1cccs1)C(=S)NC1CCCCC1. The van der Waals surface area contributed by atoms with E-state index in [4.69, 9.17) is 12.2 Å². The standard InChI is InChI=1S/C13H20N2S2/c1-15(10-12-8-5-9-17-12)13(16)14-11-6-3-2-4-7-11/h5,8-9,11H,2-4,6-7,10H2,1H3,(H,14,16). The summed E-state index contributed by atoms with van der Waals surface area (Å²) in [5, 5.41) is 6.50. The lowest BCUT2D eigenvalue weighted by Crippen LogP contribution is -2.43. The number of nitrogens with one attached hydrogen (secondary N) is 1. The van der Waals surface area contributed by atoms with Gasteiger partial charge in [0.15, 0.2) is 5.11 Å². The molecule has 17 heavy (non-hydrogen) atoms. The molecule has 1 N–H and O–H groups in total. The van der Waals surface area contributed by atoms with Crippen molar-refractivity contribution in [3.63, 3.8) is 0 Å². The first-order valence-corrected chi connectivity index (χ1v) is 7.58. The van der Waals surface area contributed by atoms with Gasteiger partial charge in [0, 0.05) is 18.0 Å². The van der Waals surface area contributed by atoms with Crippen molar-refractivity contribution >= 4 is 28.7 Å². The number of thiocarbonyl (C=S) groups is 1. The highest BCUT2D eigenvalue weighted by atomic mass is 32.1. The predicted molar refractivity (Wildman–Crippen MR) is 78.4 cm³/mol. The van der Waals surface area contributed by atoms with Gasteiger partial charge in [-0.15, -0.1) is 11.3 Å². The third-order valence-electron chi connectivity index (χ3n) is 3.25. The average Bonchev–Trinajstić information content (AvgIpc) is 2.83. The van der Waals surface area contributed by atoms with E-state index in [1.807, 2.05) is 0 Å². The lowest BCUT2D eigenvalue weighted by atomic mass is 9.96. The number of hydrogen-bond donors (Lipinski definition) is 1. The molecule has 4 heteroatoms. The molecule has 2 nitrogen and oxygen atoms in total. The maximum Gasteiger partial charge on any atom is 0.169 e. The van der Waals surface area contributed by atoms with Crippen LogP contribution < -0.4 is 5.32 Å². The summed E-state index contributed by atoms with van der Waals surface area (Å²) < 4.78 is 0. The second-order valence-corrected chi connectivity index (χ2v) is 6.14. The van der Waals surface area contributed by atoms with Gasteiger partial charge in [-0.2, -0.15) is 0 Å². The summed E-state index contributed by atoms with van der Waals surface area (Å²) in [5.74, 6) is 0. The monoisotopic (exact) mass is 268 g/mol. The Morgan fingerprint density at radius 1 is 1.47 bits per heavy atom. The van der Waals surface area contributed by atoms with Crippen molar-refractivity contribution in [3.05, 3.63) is 22.4 Å². The van der Waals surface area contributed by atoms with Crippen LogP contribution in [0.2, 0.25) is 0 Å². The van der Waals surface area contributed by atoms with Gasteiger partial charge in [0.05, 0.1) is 6.54 Å². The predicted octanol–water partition coefficient (Wildman–Crippen LogP) is 3.39. The van der Waals surface area contributed by atoms with Gasteiger partial charge in [-0.25, -0.2) is 0 Å². The molecular formula is C13H20N2S2. The normalized spacial score (nSPS) is 16.8. The molecule has 0 aromatic carbocycles. The van der Waals surface area contributed by atoms with Crippen molar-refractivity contribution in [2.75, 3.05) is 7.05 Å². The Kier molecular flexibility index (Phi) is 4.80. The average molecular weight is 268 g/mol. The van der Waals surface area contributed by atoms with E-state index in [2.05, 4.69) is 34.8 Å². The molecule has 0 unspecified atom stereocenters. The molecule has 0 saturated heterocycles. The van der Waals surface area contributed by atoms with Crippen LogP contribution in [0.15, 0.2) is 17.5 Å². The van der Waals surface area contributed by atoms with Crippen molar-refractivity contribution in [1.82, 2.24) is 10.2 Å². The van der Waals surface area contributed by atoms with E-state index in [-0.39, 0.29) is 0 Å². The van der Waals surface area contributed by atoms with Crippen LogP contribution in [-0.4, -0.2) is 23.1 Å². The molecule has 1 fully saturated rings. The summed E-state index contributed by atoms with van der Waals surface area (Å²) in [6.45, 7) is 0.913. The summed E-state index contributed by atoms with van der Waals surface area (Å²) in [4.78, 5) is 3.50. The van der Waals surface area contributed by atoms with E-state index in [0.29, 0.717) is 6.04 Å². The van der Waals surface area contributed by atoms with Gasteiger partial charge >= 0.3 is 0 Å². The van der Waals surface area contributed by atoms with E-state index >= 15 is 0 Å². The van der Waals surface area contributed by atoms with E-state index in [1.54, 1.807) is 11.3 Å². The minimum absolute atomic E-state index is 0.599. The van der Waals surface area contributed by atoms with Crippen molar-refractivity contribution in [2.24, 2.45) is 0 Å². The van der Waals surface area contributed by atoms with E-state index in [1.165, 1.54) is 37.0 Å². The Balaban J connectivity index is 1.78. The van der Waals surface area contributed by atoms with Crippen LogP contribution in [0.3, 0.4) is 0 Å². The van der Waals surface area contributed by atoms with Crippen molar-refractivity contribution < 1.29 is 0 Å². The van der Waals surface area contributed by atoms with E-state index in [9.17, 15) is 0 Å². The highest BCUT2D eigenvalue weighted by Gasteiger charge is 2.15. The van der Waals surface area contributed by atoms with Gasteiger partial charge in [-0.05, 0) is 36.5 Å². The van der Waals surface area contributed by atoms with Crippen LogP contribution in [0.25, 0.3) is 0 Å². The third kappa shape index (κ3) is 3.96. The molecule has 0 aliphatic heterocycles. The number of hydrogen-bond acceptors (Lipinski definition) is 2. The smallest absolute Gasteiger partial charge is 0.169 e. The molecule has 0 bridgehead atoms. The summed E-state index contributed by atoms with van der Waals surface area (Å²) in [7, 11) is 2.07. The molecule has 94 valence electrons. The van der Waals surface area contributed by atoms with Gasteiger partial charge < -0.3 is 10.2 Å². The molecule has 1 aromatic rings. The quantitative estimate of drug-likeness (QED) is 0.846. The van der Waals surface area contributed by atoms with Crippen LogP contribution in [-0.2, 0) is 6.54 Å². The van der Waals surface area contributed by atoms with Gasteiger partial charge in [0.25, 0.3) is 0 Å². The van der Waals surface area contributed by atoms with E-state index < -0.39 is 0 Å². The zero-order chi connectivity index (χ0) is 12.1. The Labute approximate surface area is 113 Å². The maximum absolute atomic E-state index is 5.45. The Bertz CT molecular complexity index is 342. The van der Waals surface area contributed by atoms with Crippen molar-refractivity contribution in [1.29, 1.82) is 0 Å². The van der Waals surface area contributed by atoms with Crippen molar-refractivity contribution in [3.8, 4) is 0 Å².